The minimum absolute atomic E-state index is 0.303. The number of fused-ring (bicyclic) bond motifs is 2. The van der Waals surface area contributed by atoms with E-state index < -0.39 is 9.84 Å². The number of para-hydroxylation sites is 1. The van der Waals surface area contributed by atoms with Crippen LogP contribution in [0, 0.1) is 0 Å². The third-order valence-corrected chi connectivity index (χ3v) is 4.33. The standard InChI is InChI=1S/C16H13NO2S/c1-20(18,19)16-10-12-6-2-3-7-13(12)11-17-15-9-5-4-8-14(15)16/h2-11H,1H3. The molecule has 0 N–H and O–H groups in total. The monoisotopic (exact) mass is 283 g/mol. The van der Waals surface area contributed by atoms with E-state index in [4.69, 9.17) is 0 Å². The molecule has 0 bridgehead atoms. The van der Waals surface area contributed by atoms with Gasteiger partial charge in [0, 0.05) is 23.6 Å². The van der Waals surface area contributed by atoms with Gasteiger partial charge in [0.2, 0.25) is 0 Å². The van der Waals surface area contributed by atoms with E-state index >= 15 is 0 Å². The van der Waals surface area contributed by atoms with Crippen LogP contribution in [0.4, 0.5) is 5.69 Å². The van der Waals surface area contributed by atoms with Gasteiger partial charge in [0.1, 0.15) is 0 Å². The molecule has 0 radical (unpaired) electrons. The third-order valence-electron chi connectivity index (χ3n) is 3.19. The molecule has 1 aliphatic rings. The number of hydrogen-bond acceptors (Lipinski definition) is 3. The number of sulfone groups is 1. The summed E-state index contributed by atoms with van der Waals surface area (Å²) in [5, 5.41) is 0. The van der Waals surface area contributed by atoms with Crippen molar-refractivity contribution in [2.75, 3.05) is 6.26 Å². The van der Waals surface area contributed by atoms with Gasteiger partial charge in [0.05, 0.1) is 10.6 Å². The molecule has 0 saturated carbocycles. The molecule has 3 nitrogen and oxygen atoms in total. The Balaban J connectivity index is 2.36. The molecule has 1 aliphatic heterocycles. The van der Waals surface area contributed by atoms with Gasteiger partial charge in [-0.15, -0.1) is 0 Å². The molecule has 2 aromatic rings. The zero-order valence-electron chi connectivity index (χ0n) is 10.9. The molecule has 0 amide bonds. The molecule has 0 saturated heterocycles. The lowest BCUT2D eigenvalue weighted by Crippen LogP contribution is -2.02. The maximum absolute atomic E-state index is 12.1. The summed E-state index contributed by atoms with van der Waals surface area (Å²) < 4.78 is 24.2. The number of nitrogens with zero attached hydrogens (tertiary/aromatic N) is 1. The van der Waals surface area contributed by atoms with Gasteiger partial charge in [-0.3, -0.25) is 4.99 Å². The summed E-state index contributed by atoms with van der Waals surface area (Å²) in [7, 11) is -3.33. The molecule has 0 aliphatic carbocycles. The topological polar surface area (TPSA) is 46.5 Å². The first-order valence-corrected chi connectivity index (χ1v) is 8.09. The van der Waals surface area contributed by atoms with Crippen LogP contribution < -0.4 is 0 Å². The summed E-state index contributed by atoms with van der Waals surface area (Å²) in [5.74, 6) is 0. The Bertz CT molecular complexity index is 833. The van der Waals surface area contributed by atoms with Gasteiger partial charge in [0.25, 0.3) is 0 Å². The van der Waals surface area contributed by atoms with Crippen LogP contribution in [0.3, 0.4) is 0 Å². The Labute approximate surface area is 118 Å². The van der Waals surface area contributed by atoms with Crippen molar-refractivity contribution in [3.63, 3.8) is 0 Å². The molecular weight excluding hydrogens is 270 g/mol. The first-order valence-electron chi connectivity index (χ1n) is 6.20. The van der Waals surface area contributed by atoms with Crippen molar-refractivity contribution < 1.29 is 8.42 Å². The number of benzene rings is 2. The highest BCUT2D eigenvalue weighted by Gasteiger charge is 2.18. The summed E-state index contributed by atoms with van der Waals surface area (Å²) in [6, 6.07) is 14.9. The average molecular weight is 283 g/mol. The fourth-order valence-corrected chi connectivity index (χ4v) is 3.13. The van der Waals surface area contributed by atoms with Crippen molar-refractivity contribution in [1.29, 1.82) is 0 Å². The Kier molecular flexibility index (Phi) is 3.03. The summed E-state index contributed by atoms with van der Waals surface area (Å²) in [6.07, 6.45) is 4.71. The van der Waals surface area contributed by atoms with Crippen LogP contribution in [0.25, 0.3) is 11.0 Å². The van der Waals surface area contributed by atoms with Crippen molar-refractivity contribution in [2.24, 2.45) is 4.99 Å². The molecule has 0 unspecified atom stereocenters. The summed E-state index contributed by atoms with van der Waals surface area (Å²) in [4.78, 5) is 4.72. The van der Waals surface area contributed by atoms with Gasteiger partial charge in [0.15, 0.2) is 9.84 Å². The van der Waals surface area contributed by atoms with Crippen LogP contribution in [-0.4, -0.2) is 20.9 Å². The average Bonchev–Trinajstić information content (AvgIpc) is 2.40. The van der Waals surface area contributed by atoms with Gasteiger partial charge < -0.3 is 0 Å². The molecule has 1 heterocycles. The first-order chi connectivity index (χ1) is 9.55. The molecule has 3 rings (SSSR count). The minimum Gasteiger partial charge on any atom is -0.256 e. The molecular formula is C16H13NO2S. The van der Waals surface area contributed by atoms with E-state index in [2.05, 4.69) is 4.99 Å². The van der Waals surface area contributed by atoms with Crippen molar-refractivity contribution in [3.05, 3.63) is 65.2 Å². The van der Waals surface area contributed by atoms with Crippen LogP contribution >= 0.6 is 0 Å². The molecule has 0 atom stereocenters. The smallest absolute Gasteiger partial charge is 0.176 e. The van der Waals surface area contributed by atoms with Gasteiger partial charge in [-0.2, -0.15) is 0 Å². The lowest BCUT2D eigenvalue weighted by Gasteiger charge is -2.12. The van der Waals surface area contributed by atoms with Gasteiger partial charge >= 0.3 is 0 Å². The Hall–Kier alpha value is -2.20. The van der Waals surface area contributed by atoms with E-state index in [1.165, 1.54) is 6.26 Å². The number of aliphatic imine (C=N–C) groups is 1. The lowest BCUT2D eigenvalue weighted by atomic mass is 10.0. The van der Waals surface area contributed by atoms with Crippen LogP contribution in [-0.2, 0) is 9.84 Å². The normalized spacial score (nSPS) is 13.8. The van der Waals surface area contributed by atoms with Crippen molar-refractivity contribution in [1.82, 2.24) is 0 Å². The molecule has 0 aromatic heterocycles. The first kappa shape index (κ1) is 12.8. The third kappa shape index (κ3) is 2.30. The molecule has 0 fully saturated rings. The molecule has 0 spiro atoms. The van der Waals surface area contributed by atoms with Crippen molar-refractivity contribution in [3.8, 4) is 0 Å². The molecule has 100 valence electrons. The predicted octanol–water partition coefficient (Wildman–Crippen LogP) is 3.29. The Morgan fingerprint density at radius 3 is 2.30 bits per heavy atom. The zero-order chi connectivity index (χ0) is 14.2. The highest BCUT2D eigenvalue weighted by Crippen LogP contribution is 2.33. The Morgan fingerprint density at radius 1 is 0.900 bits per heavy atom. The summed E-state index contributed by atoms with van der Waals surface area (Å²) >= 11 is 0. The summed E-state index contributed by atoms with van der Waals surface area (Å²) in [5.41, 5.74) is 3.06. The van der Waals surface area contributed by atoms with Gasteiger partial charge in [-0.25, -0.2) is 8.42 Å². The van der Waals surface area contributed by atoms with Crippen molar-refractivity contribution >= 4 is 32.7 Å². The quantitative estimate of drug-likeness (QED) is 0.806. The second kappa shape index (κ2) is 4.72. The van der Waals surface area contributed by atoms with Gasteiger partial charge in [-0.05, 0) is 17.7 Å². The second-order valence-corrected chi connectivity index (χ2v) is 6.67. The largest absolute Gasteiger partial charge is 0.256 e. The maximum atomic E-state index is 12.1. The van der Waals surface area contributed by atoms with E-state index in [0.29, 0.717) is 16.2 Å². The van der Waals surface area contributed by atoms with Crippen LogP contribution in [0.5, 0.6) is 0 Å². The molecule has 2 aromatic carbocycles. The van der Waals surface area contributed by atoms with Crippen molar-refractivity contribution in [2.45, 2.75) is 0 Å². The van der Waals surface area contributed by atoms with E-state index in [1.54, 1.807) is 18.4 Å². The highest BCUT2D eigenvalue weighted by atomic mass is 32.2. The zero-order valence-corrected chi connectivity index (χ0v) is 11.8. The number of rotatable bonds is 1. The fraction of sp³-hybridized carbons (Fsp3) is 0.0625. The molecule has 20 heavy (non-hydrogen) atoms. The minimum atomic E-state index is -3.33. The second-order valence-electron chi connectivity index (χ2n) is 4.69. The van der Waals surface area contributed by atoms with Gasteiger partial charge in [-0.1, -0.05) is 42.5 Å². The van der Waals surface area contributed by atoms with E-state index in [9.17, 15) is 8.42 Å². The lowest BCUT2D eigenvalue weighted by molar-refractivity contribution is 0.611. The van der Waals surface area contributed by atoms with E-state index in [1.807, 2.05) is 42.5 Å². The van der Waals surface area contributed by atoms with Crippen LogP contribution in [0.15, 0.2) is 53.5 Å². The van der Waals surface area contributed by atoms with Crippen LogP contribution in [0.2, 0.25) is 0 Å². The maximum Gasteiger partial charge on any atom is 0.176 e. The fourth-order valence-electron chi connectivity index (χ4n) is 2.22. The highest BCUT2D eigenvalue weighted by molar-refractivity contribution is 8.00. The van der Waals surface area contributed by atoms with E-state index in [0.717, 1.165) is 11.1 Å². The Morgan fingerprint density at radius 2 is 1.55 bits per heavy atom. The number of hydrogen-bond donors (Lipinski definition) is 0. The summed E-state index contributed by atoms with van der Waals surface area (Å²) in [6.45, 7) is 0. The van der Waals surface area contributed by atoms with E-state index in [-0.39, 0.29) is 0 Å². The predicted molar refractivity (Wildman–Crippen MR) is 82.9 cm³/mol. The molecule has 4 heteroatoms. The van der Waals surface area contributed by atoms with Crippen LogP contribution in [0.1, 0.15) is 16.7 Å². The SMILES string of the molecule is CS(=O)(=O)C1=Cc2ccccc2C=Nc2ccccc21.